The van der Waals surface area contributed by atoms with Crippen LogP contribution in [0.15, 0.2) is 36.5 Å². The highest BCUT2D eigenvalue weighted by Crippen LogP contribution is 2.22. The van der Waals surface area contributed by atoms with Gasteiger partial charge < -0.3 is 4.90 Å². The number of aromatic nitrogens is 2. The van der Waals surface area contributed by atoms with Crippen LogP contribution < -0.4 is 4.72 Å². The van der Waals surface area contributed by atoms with E-state index in [1.807, 2.05) is 24.1 Å². The number of likely N-dealkylation sites (tertiary alicyclic amines) is 1. The van der Waals surface area contributed by atoms with Gasteiger partial charge in [-0.1, -0.05) is 24.3 Å². The highest BCUT2D eigenvalue weighted by molar-refractivity contribution is 7.88. The van der Waals surface area contributed by atoms with Gasteiger partial charge in [0.15, 0.2) is 0 Å². The van der Waals surface area contributed by atoms with Gasteiger partial charge >= 0.3 is 0 Å². The maximum Gasteiger partial charge on any atom is 0.244 e. The summed E-state index contributed by atoms with van der Waals surface area (Å²) in [5, 5.41) is 4.29. The summed E-state index contributed by atoms with van der Waals surface area (Å²) in [5.41, 5.74) is 3.34. The fourth-order valence-electron chi connectivity index (χ4n) is 3.73. The zero-order valence-electron chi connectivity index (χ0n) is 17.2. The van der Waals surface area contributed by atoms with Crippen molar-refractivity contribution in [3.8, 4) is 0 Å². The topological polar surface area (TPSA) is 84.3 Å². The molecule has 3 rings (SSSR count). The van der Waals surface area contributed by atoms with Gasteiger partial charge in [0.25, 0.3) is 0 Å². The van der Waals surface area contributed by atoms with Crippen LogP contribution in [0.25, 0.3) is 0 Å². The Morgan fingerprint density at radius 2 is 1.79 bits per heavy atom. The SMILES string of the molecule is Cc1ccn(CC(=O)N2CCC(Cc3ccc(CCNS(C)(=O)=O)cc3)CC2)n1. The Hall–Kier alpha value is -2.19. The van der Waals surface area contributed by atoms with Crippen LogP contribution in [0.1, 0.15) is 29.7 Å². The Morgan fingerprint density at radius 3 is 2.38 bits per heavy atom. The minimum atomic E-state index is -3.13. The zero-order valence-corrected chi connectivity index (χ0v) is 18.0. The van der Waals surface area contributed by atoms with E-state index in [1.165, 1.54) is 11.8 Å². The second-order valence-electron chi connectivity index (χ2n) is 7.92. The van der Waals surface area contributed by atoms with E-state index in [0.717, 1.165) is 43.6 Å². The summed E-state index contributed by atoms with van der Waals surface area (Å²) in [7, 11) is -3.13. The molecule has 1 aliphatic heterocycles. The van der Waals surface area contributed by atoms with Gasteiger partial charge in [0.1, 0.15) is 6.54 Å². The minimum Gasteiger partial charge on any atom is -0.341 e. The van der Waals surface area contributed by atoms with Crippen LogP contribution in [0.5, 0.6) is 0 Å². The third-order valence-corrected chi connectivity index (χ3v) is 6.09. The molecule has 0 radical (unpaired) electrons. The van der Waals surface area contributed by atoms with Gasteiger partial charge in [0.2, 0.25) is 15.9 Å². The van der Waals surface area contributed by atoms with Crippen LogP contribution in [-0.2, 0) is 34.2 Å². The van der Waals surface area contributed by atoms with Crippen molar-refractivity contribution in [1.82, 2.24) is 19.4 Å². The monoisotopic (exact) mass is 418 g/mol. The normalized spacial score (nSPS) is 15.6. The smallest absolute Gasteiger partial charge is 0.244 e. The van der Waals surface area contributed by atoms with E-state index in [1.54, 1.807) is 4.68 Å². The Bertz CT molecular complexity index is 914. The molecule has 7 nitrogen and oxygen atoms in total. The van der Waals surface area contributed by atoms with Crippen molar-refractivity contribution in [3.63, 3.8) is 0 Å². The van der Waals surface area contributed by atoms with Gasteiger partial charge in [0.05, 0.1) is 11.9 Å². The van der Waals surface area contributed by atoms with Crippen molar-refractivity contribution in [1.29, 1.82) is 0 Å². The highest BCUT2D eigenvalue weighted by atomic mass is 32.2. The number of benzene rings is 1. The van der Waals surface area contributed by atoms with E-state index in [0.29, 0.717) is 25.4 Å². The predicted molar refractivity (Wildman–Crippen MR) is 113 cm³/mol. The lowest BCUT2D eigenvalue weighted by Gasteiger charge is -2.32. The summed E-state index contributed by atoms with van der Waals surface area (Å²) in [6.45, 7) is 4.26. The lowest BCUT2D eigenvalue weighted by Crippen LogP contribution is -2.40. The molecule has 0 saturated carbocycles. The summed E-state index contributed by atoms with van der Waals surface area (Å²) in [6.07, 6.45) is 6.76. The number of sulfonamides is 1. The number of rotatable bonds is 8. The summed E-state index contributed by atoms with van der Waals surface area (Å²) in [6, 6.07) is 10.3. The molecule has 1 fully saturated rings. The summed E-state index contributed by atoms with van der Waals surface area (Å²) in [5.74, 6) is 0.724. The summed E-state index contributed by atoms with van der Waals surface area (Å²) < 4.78 is 26.4. The fraction of sp³-hybridized carbons (Fsp3) is 0.524. The molecular formula is C21H30N4O3S. The predicted octanol–water partition coefficient (Wildman–Crippen LogP) is 1.76. The van der Waals surface area contributed by atoms with Crippen LogP contribution in [-0.4, -0.2) is 54.9 Å². The van der Waals surface area contributed by atoms with E-state index < -0.39 is 10.0 Å². The van der Waals surface area contributed by atoms with Crippen LogP contribution in [0.3, 0.4) is 0 Å². The van der Waals surface area contributed by atoms with Gasteiger partial charge in [-0.15, -0.1) is 0 Å². The van der Waals surface area contributed by atoms with Gasteiger partial charge in [-0.2, -0.15) is 5.10 Å². The van der Waals surface area contributed by atoms with Crippen molar-refractivity contribution < 1.29 is 13.2 Å². The first kappa shape index (κ1) is 21.5. The largest absolute Gasteiger partial charge is 0.341 e. The van der Waals surface area contributed by atoms with E-state index in [4.69, 9.17) is 0 Å². The maximum atomic E-state index is 12.4. The molecule has 1 amide bonds. The third-order valence-electron chi connectivity index (χ3n) is 5.36. The number of aryl methyl sites for hydroxylation is 1. The zero-order chi connectivity index (χ0) is 20.9. The molecule has 1 aromatic heterocycles. The molecule has 2 heterocycles. The highest BCUT2D eigenvalue weighted by Gasteiger charge is 2.23. The molecule has 1 aromatic carbocycles. The second-order valence-corrected chi connectivity index (χ2v) is 9.75. The standard InChI is InChI=1S/C21H30N4O3S/c1-17-8-14-25(23-17)16-21(26)24-12-9-20(10-13-24)15-19-5-3-18(4-6-19)7-11-22-29(2,27)28/h3-6,8,14,20,22H,7,9-13,15-16H2,1-2H3. The Balaban J connectivity index is 1.41. The first-order valence-corrected chi connectivity index (χ1v) is 12.0. The number of nitrogens with one attached hydrogen (secondary N) is 1. The van der Waals surface area contributed by atoms with Crippen LogP contribution in [0, 0.1) is 12.8 Å². The molecule has 1 N–H and O–H groups in total. The average molecular weight is 419 g/mol. The van der Waals surface area contributed by atoms with Crippen LogP contribution in [0.2, 0.25) is 0 Å². The molecule has 2 aromatic rings. The first-order chi connectivity index (χ1) is 13.8. The molecular weight excluding hydrogens is 388 g/mol. The van der Waals surface area contributed by atoms with Crippen molar-refractivity contribution in [2.45, 2.75) is 39.2 Å². The van der Waals surface area contributed by atoms with Gasteiger partial charge in [-0.25, -0.2) is 13.1 Å². The second kappa shape index (κ2) is 9.54. The quantitative estimate of drug-likeness (QED) is 0.708. The molecule has 0 atom stereocenters. The molecule has 29 heavy (non-hydrogen) atoms. The molecule has 0 bridgehead atoms. The van der Waals surface area contributed by atoms with Gasteiger partial charge in [-0.05, 0) is 55.7 Å². The average Bonchev–Trinajstić information content (AvgIpc) is 3.07. The molecule has 8 heteroatoms. The van der Waals surface area contributed by atoms with E-state index in [-0.39, 0.29) is 5.91 Å². The number of hydrogen-bond donors (Lipinski definition) is 1. The maximum absolute atomic E-state index is 12.4. The molecule has 1 saturated heterocycles. The minimum absolute atomic E-state index is 0.138. The number of nitrogens with zero attached hydrogens (tertiary/aromatic N) is 3. The third kappa shape index (κ3) is 6.97. The number of carbonyl (C=O) groups excluding carboxylic acids is 1. The number of piperidine rings is 1. The van der Waals surface area contributed by atoms with Crippen molar-refractivity contribution in [3.05, 3.63) is 53.3 Å². The van der Waals surface area contributed by atoms with E-state index in [9.17, 15) is 13.2 Å². The molecule has 0 aliphatic carbocycles. The Kier molecular flexibility index (Phi) is 7.08. The molecule has 158 valence electrons. The number of amides is 1. The Labute approximate surface area is 173 Å². The molecule has 0 unspecified atom stereocenters. The number of carbonyl (C=O) groups is 1. The molecule has 1 aliphatic rings. The van der Waals surface area contributed by atoms with E-state index in [2.05, 4.69) is 34.1 Å². The summed E-state index contributed by atoms with van der Waals surface area (Å²) in [4.78, 5) is 14.4. The molecule has 0 spiro atoms. The van der Waals surface area contributed by atoms with Crippen molar-refractivity contribution >= 4 is 15.9 Å². The first-order valence-electron chi connectivity index (χ1n) is 10.1. The summed E-state index contributed by atoms with van der Waals surface area (Å²) >= 11 is 0. The van der Waals surface area contributed by atoms with Gasteiger partial charge in [0, 0.05) is 25.8 Å². The van der Waals surface area contributed by atoms with Crippen LogP contribution >= 0.6 is 0 Å². The van der Waals surface area contributed by atoms with Gasteiger partial charge in [-0.3, -0.25) is 9.48 Å². The number of hydrogen-bond acceptors (Lipinski definition) is 4. The lowest BCUT2D eigenvalue weighted by molar-refractivity contribution is -0.133. The van der Waals surface area contributed by atoms with Crippen LogP contribution in [0.4, 0.5) is 0 Å². The van der Waals surface area contributed by atoms with Crippen molar-refractivity contribution in [2.24, 2.45) is 5.92 Å². The Morgan fingerprint density at radius 1 is 1.14 bits per heavy atom. The fourth-order valence-corrected chi connectivity index (χ4v) is 4.21. The lowest BCUT2D eigenvalue weighted by atomic mass is 9.90. The van der Waals surface area contributed by atoms with E-state index >= 15 is 0 Å². The van der Waals surface area contributed by atoms with Crippen molar-refractivity contribution in [2.75, 3.05) is 25.9 Å².